The fraction of sp³-hybridized carbons (Fsp3) is 0.120. The van der Waals surface area contributed by atoms with Crippen molar-refractivity contribution in [2.75, 3.05) is 7.11 Å². The fourth-order valence-electron chi connectivity index (χ4n) is 3.93. The summed E-state index contributed by atoms with van der Waals surface area (Å²) in [4.78, 5) is 25.2. The molecule has 2 aliphatic rings. The van der Waals surface area contributed by atoms with Crippen molar-refractivity contribution in [3.8, 4) is 17.2 Å². The van der Waals surface area contributed by atoms with Crippen molar-refractivity contribution >= 4 is 17.8 Å². The maximum atomic E-state index is 13.0. The lowest BCUT2D eigenvalue weighted by Crippen LogP contribution is -2.21. The van der Waals surface area contributed by atoms with E-state index in [0.717, 1.165) is 22.4 Å². The van der Waals surface area contributed by atoms with Gasteiger partial charge in [-0.05, 0) is 41.5 Å². The van der Waals surface area contributed by atoms with Crippen LogP contribution in [0.2, 0.25) is 0 Å². The molecule has 30 heavy (non-hydrogen) atoms. The van der Waals surface area contributed by atoms with Crippen molar-refractivity contribution in [2.45, 2.75) is 12.3 Å². The summed E-state index contributed by atoms with van der Waals surface area (Å²) in [7, 11) is 1.60. The molecule has 5 heteroatoms. The number of methoxy groups -OCH3 is 1. The van der Waals surface area contributed by atoms with Crippen LogP contribution in [0.25, 0.3) is 6.08 Å². The topological polar surface area (TPSA) is 61.8 Å². The lowest BCUT2D eigenvalue weighted by atomic mass is 9.85. The molecule has 2 heterocycles. The monoisotopic (exact) mass is 398 g/mol. The lowest BCUT2D eigenvalue weighted by molar-refractivity contribution is -0.135. The molecule has 0 unspecified atom stereocenters. The third-order valence-corrected chi connectivity index (χ3v) is 5.40. The zero-order valence-corrected chi connectivity index (χ0v) is 16.3. The molecule has 1 atom stereocenters. The van der Waals surface area contributed by atoms with Gasteiger partial charge < -0.3 is 14.2 Å². The zero-order chi connectivity index (χ0) is 20.7. The SMILES string of the molecule is COc1ccc(/C=C2\Oc3c(ccc4c3[C@H](c3ccccc3)CC(=O)O4)C2=O)cc1. The van der Waals surface area contributed by atoms with Gasteiger partial charge in [0.1, 0.15) is 17.2 Å². The number of Topliss-reactive ketones (excluding diaryl/α,β-unsaturated/α-hetero) is 1. The number of allylic oxidation sites excluding steroid dienone is 1. The summed E-state index contributed by atoms with van der Waals surface area (Å²) < 4.78 is 16.7. The summed E-state index contributed by atoms with van der Waals surface area (Å²) in [6.07, 6.45) is 1.91. The Morgan fingerprint density at radius 3 is 2.43 bits per heavy atom. The number of ketones is 1. The zero-order valence-electron chi connectivity index (χ0n) is 16.3. The summed E-state index contributed by atoms with van der Waals surface area (Å²) in [6, 6.07) is 20.4. The predicted octanol–water partition coefficient (Wildman–Crippen LogP) is 4.75. The Balaban J connectivity index is 1.58. The molecule has 0 spiro atoms. The molecule has 0 aromatic heterocycles. The number of carbonyl (C=O) groups excluding carboxylic acids is 2. The molecule has 5 nitrogen and oxygen atoms in total. The maximum absolute atomic E-state index is 13.0. The average molecular weight is 398 g/mol. The van der Waals surface area contributed by atoms with Crippen LogP contribution in [0.15, 0.2) is 72.5 Å². The standard InChI is InChI=1S/C25H18O5/c1-28-17-9-7-15(8-10-17)13-21-24(27)18-11-12-20-23(25(18)30-21)19(14-22(26)29-20)16-5-3-2-4-6-16/h2-13,19H,14H2,1H3/b21-13-/t19-/m0/s1. The van der Waals surface area contributed by atoms with Crippen LogP contribution in [0.4, 0.5) is 0 Å². The molecular weight excluding hydrogens is 380 g/mol. The number of hydrogen-bond acceptors (Lipinski definition) is 5. The molecule has 3 aromatic carbocycles. The lowest BCUT2D eigenvalue weighted by Gasteiger charge is -2.26. The first-order valence-electron chi connectivity index (χ1n) is 9.65. The molecule has 0 N–H and O–H groups in total. The summed E-state index contributed by atoms with van der Waals surface area (Å²) in [6.45, 7) is 0. The number of carbonyl (C=O) groups is 2. The van der Waals surface area contributed by atoms with Crippen LogP contribution < -0.4 is 14.2 Å². The van der Waals surface area contributed by atoms with E-state index in [2.05, 4.69) is 0 Å². The van der Waals surface area contributed by atoms with Crippen molar-refractivity contribution in [1.82, 2.24) is 0 Å². The number of esters is 1. The minimum Gasteiger partial charge on any atom is -0.497 e. The highest BCUT2D eigenvalue weighted by Crippen LogP contribution is 2.48. The van der Waals surface area contributed by atoms with Crippen molar-refractivity contribution < 1.29 is 23.8 Å². The van der Waals surface area contributed by atoms with Gasteiger partial charge in [0, 0.05) is 11.5 Å². The van der Waals surface area contributed by atoms with Crippen LogP contribution in [0.1, 0.15) is 39.4 Å². The van der Waals surface area contributed by atoms with Crippen LogP contribution in [0.5, 0.6) is 17.2 Å². The highest BCUT2D eigenvalue weighted by molar-refractivity contribution is 6.15. The third-order valence-electron chi connectivity index (χ3n) is 5.40. The molecule has 2 aliphatic heterocycles. The third kappa shape index (κ3) is 3.05. The van der Waals surface area contributed by atoms with Crippen molar-refractivity contribution in [3.05, 3.63) is 94.7 Å². The second-order valence-electron chi connectivity index (χ2n) is 7.21. The van der Waals surface area contributed by atoms with E-state index in [1.165, 1.54) is 0 Å². The quantitative estimate of drug-likeness (QED) is 0.362. The van der Waals surface area contributed by atoms with E-state index in [0.29, 0.717) is 17.1 Å². The fourth-order valence-corrected chi connectivity index (χ4v) is 3.93. The Bertz CT molecular complexity index is 1180. The van der Waals surface area contributed by atoms with Crippen molar-refractivity contribution in [2.24, 2.45) is 0 Å². The molecule has 0 saturated carbocycles. The molecule has 5 rings (SSSR count). The van der Waals surface area contributed by atoms with Crippen LogP contribution >= 0.6 is 0 Å². The van der Waals surface area contributed by atoms with E-state index in [-0.39, 0.29) is 29.9 Å². The Hall–Kier alpha value is -3.86. The van der Waals surface area contributed by atoms with Gasteiger partial charge in [0.25, 0.3) is 0 Å². The maximum Gasteiger partial charge on any atom is 0.312 e. The molecule has 0 bridgehead atoms. The average Bonchev–Trinajstić information content (AvgIpc) is 3.09. The summed E-state index contributed by atoms with van der Waals surface area (Å²) in [5.74, 6) is 1.18. The van der Waals surface area contributed by atoms with Gasteiger partial charge in [-0.15, -0.1) is 0 Å². The van der Waals surface area contributed by atoms with Crippen molar-refractivity contribution in [1.29, 1.82) is 0 Å². The second-order valence-corrected chi connectivity index (χ2v) is 7.21. The largest absolute Gasteiger partial charge is 0.497 e. The van der Waals surface area contributed by atoms with Gasteiger partial charge in [-0.25, -0.2) is 0 Å². The second kappa shape index (κ2) is 7.19. The van der Waals surface area contributed by atoms with Gasteiger partial charge in [-0.1, -0.05) is 42.5 Å². The van der Waals surface area contributed by atoms with E-state index < -0.39 is 0 Å². The van der Waals surface area contributed by atoms with Crippen LogP contribution in [-0.2, 0) is 4.79 Å². The molecule has 3 aromatic rings. The molecule has 0 amide bonds. The van der Waals surface area contributed by atoms with Crippen molar-refractivity contribution in [3.63, 3.8) is 0 Å². The van der Waals surface area contributed by atoms with E-state index >= 15 is 0 Å². The number of benzene rings is 3. The number of hydrogen-bond donors (Lipinski definition) is 0. The molecule has 0 fully saturated rings. The van der Waals surface area contributed by atoms with E-state index in [4.69, 9.17) is 14.2 Å². The van der Waals surface area contributed by atoms with E-state index in [1.807, 2.05) is 54.6 Å². The summed E-state index contributed by atoms with van der Waals surface area (Å²) in [5, 5.41) is 0. The number of rotatable bonds is 3. The van der Waals surface area contributed by atoms with Crippen LogP contribution in [0, 0.1) is 0 Å². The molecule has 0 radical (unpaired) electrons. The van der Waals surface area contributed by atoms with Gasteiger partial charge in [0.15, 0.2) is 5.76 Å². The Morgan fingerprint density at radius 1 is 0.933 bits per heavy atom. The minimum absolute atomic E-state index is 0.188. The van der Waals surface area contributed by atoms with E-state index in [9.17, 15) is 9.59 Å². The highest BCUT2D eigenvalue weighted by atomic mass is 16.5. The summed E-state index contributed by atoms with van der Waals surface area (Å²) in [5.41, 5.74) is 3.02. The van der Waals surface area contributed by atoms with Gasteiger partial charge >= 0.3 is 5.97 Å². The molecular formula is C25H18O5. The van der Waals surface area contributed by atoms with Crippen LogP contribution in [-0.4, -0.2) is 18.9 Å². The normalized spacial score (nSPS) is 18.4. The van der Waals surface area contributed by atoms with Gasteiger partial charge in [0.05, 0.1) is 19.1 Å². The predicted molar refractivity (Wildman–Crippen MR) is 111 cm³/mol. The molecule has 148 valence electrons. The van der Waals surface area contributed by atoms with Gasteiger partial charge in [-0.3, -0.25) is 9.59 Å². The van der Waals surface area contributed by atoms with Crippen LogP contribution in [0.3, 0.4) is 0 Å². The minimum atomic E-state index is -0.297. The summed E-state index contributed by atoms with van der Waals surface area (Å²) >= 11 is 0. The first kappa shape index (κ1) is 18.2. The Morgan fingerprint density at radius 2 is 1.70 bits per heavy atom. The van der Waals surface area contributed by atoms with E-state index in [1.54, 1.807) is 25.3 Å². The van der Waals surface area contributed by atoms with Gasteiger partial charge in [0.2, 0.25) is 5.78 Å². The highest BCUT2D eigenvalue weighted by Gasteiger charge is 2.38. The number of fused-ring (bicyclic) bond motifs is 3. The Labute approximate surface area is 173 Å². The molecule has 0 saturated heterocycles. The first-order valence-corrected chi connectivity index (χ1v) is 9.65. The number of ether oxygens (including phenoxy) is 3. The van der Waals surface area contributed by atoms with Gasteiger partial charge in [-0.2, -0.15) is 0 Å². The Kier molecular flexibility index (Phi) is 4.36. The molecule has 0 aliphatic carbocycles. The smallest absolute Gasteiger partial charge is 0.312 e. The first-order chi connectivity index (χ1) is 14.6.